The van der Waals surface area contributed by atoms with Crippen LogP contribution in [0.1, 0.15) is 162 Å². The number of amides is 4. The summed E-state index contributed by atoms with van der Waals surface area (Å²) in [5.74, 6) is -0.489. The average molecular weight is 771 g/mol. The van der Waals surface area contributed by atoms with Crippen molar-refractivity contribution in [1.29, 1.82) is 0 Å². The molecule has 1 aliphatic heterocycles. The molecule has 0 spiro atoms. The minimum atomic E-state index is -0.899. The van der Waals surface area contributed by atoms with Crippen molar-refractivity contribution in [3.63, 3.8) is 0 Å². The number of nitrogens with one attached hydrogen (secondary N) is 3. The lowest BCUT2D eigenvalue weighted by atomic mass is 9.92. The van der Waals surface area contributed by atoms with Crippen molar-refractivity contribution in [2.24, 2.45) is 11.8 Å². The van der Waals surface area contributed by atoms with Crippen molar-refractivity contribution >= 4 is 35.5 Å². The van der Waals surface area contributed by atoms with Gasteiger partial charge in [0.05, 0.1) is 13.2 Å². The number of carbonyl (C=O) groups is 5. The van der Waals surface area contributed by atoms with Crippen molar-refractivity contribution in [2.75, 3.05) is 11.9 Å². The Labute approximate surface area is 329 Å². The Hall–Kier alpha value is -3.67. The molecule has 0 aromatic heterocycles. The van der Waals surface area contributed by atoms with Crippen molar-refractivity contribution < 1.29 is 38.3 Å². The van der Waals surface area contributed by atoms with Crippen LogP contribution >= 0.6 is 0 Å². The molecule has 1 aromatic rings. The fourth-order valence-corrected chi connectivity index (χ4v) is 7.27. The van der Waals surface area contributed by atoms with E-state index in [1.165, 1.54) is 11.3 Å². The number of esters is 1. The summed E-state index contributed by atoms with van der Waals surface area (Å²) in [6.07, 6.45) is 13.1. The minimum Gasteiger partial charge on any atom is -0.461 e. The Morgan fingerprint density at radius 1 is 0.873 bits per heavy atom. The van der Waals surface area contributed by atoms with Gasteiger partial charge in [-0.15, -0.1) is 0 Å². The number of fused-ring (bicyclic) bond motifs is 1. The number of hydrogen-bond donors (Lipinski definition) is 3. The summed E-state index contributed by atoms with van der Waals surface area (Å²) >= 11 is 0. The summed E-state index contributed by atoms with van der Waals surface area (Å²) in [4.78, 5) is 72.6. The summed E-state index contributed by atoms with van der Waals surface area (Å²) in [7, 11) is 0. The molecule has 1 saturated carbocycles. The Morgan fingerprint density at radius 2 is 1.56 bits per heavy atom. The van der Waals surface area contributed by atoms with E-state index in [2.05, 4.69) is 30.0 Å². The maximum atomic E-state index is 13.9. The zero-order chi connectivity index (χ0) is 40.4. The summed E-state index contributed by atoms with van der Waals surface area (Å²) in [6.45, 7) is 14.3. The number of hydroxylamine groups is 1. The van der Waals surface area contributed by atoms with Crippen LogP contribution in [-0.4, -0.2) is 65.1 Å². The molecule has 3 N–H and O–H groups in total. The zero-order valence-electron chi connectivity index (χ0n) is 34.8. The Bertz CT molecular complexity index is 1390. The summed E-state index contributed by atoms with van der Waals surface area (Å²) in [5, 5.41) is 5.89. The van der Waals surface area contributed by atoms with Crippen LogP contribution < -0.4 is 16.1 Å². The molecule has 55 heavy (non-hydrogen) atoms. The van der Waals surface area contributed by atoms with E-state index < -0.39 is 35.7 Å². The molecule has 310 valence electrons. The average Bonchev–Trinajstić information content (AvgIpc) is 3.63. The Morgan fingerprint density at radius 3 is 2.20 bits per heavy atom. The Balaban J connectivity index is 1.52. The van der Waals surface area contributed by atoms with Gasteiger partial charge in [0.2, 0.25) is 17.7 Å². The molecule has 2 aliphatic rings. The molecule has 1 fully saturated rings. The smallest absolute Gasteiger partial charge is 0.411 e. The fraction of sp³-hybridized carbons (Fsp3) is 0.744. The van der Waals surface area contributed by atoms with E-state index in [0.29, 0.717) is 43.9 Å². The second kappa shape index (κ2) is 23.4. The second-order valence-electron chi connectivity index (χ2n) is 16.9. The van der Waals surface area contributed by atoms with Crippen LogP contribution in [0, 0.1) is 11.8 Å². The van der Waals surface area contributed by atoms with Gasteiger partial charge in [0, 0.05) is 24.9 Å². The molecular formula is C43H70N4O8. The number of unbranched alkanes of at least 4 members (excludes halogenated alkanes) is 4. The van der Waals surface area contributed by atoms with Gasteiger partial charge in [0.25, 0.3) is 0 Å². The van der Waals surface area contributed by atoms with E-state index in [1.54, 1.807) is 20.8 Å². The quantitative estimate of drug-likeness (QED) is 0.0605. The lowest BCUT2D eigenvalue weighted by Crippen LogP contribution is -2.56. The molecule has 3 atom stereocenters. The van der Waals surface area contributed by atoms with Gasteiger partial charge in [-0.1, -0.05) is 65.9 Å². The van der Waals surface area contributed by atoms with Crippen LogP contribution in [0.25, 0.3) is 0 Å². The molecule has 1 aromatic carbocycles. The van der Waals surface area contributed by atoms with Crippen molar-refractivity contribution in [2.45, 2.75) is 188 Å². The van der Waals surface area contributed by atoms with Crippen LogP contribution in [0.15, 0.2) is 18.2 Å². The SMILES string of the molecule is CCCCC(CCC)CONC(=O)CCCCCCC(=O)Nc1ccc2c(c1)CN(C(=O)OC(C)(C)C)[C@H](C(=O)N[C@@H](CC(C)C)C(=O)OC1CCCC1)C2. The van der Waals surface area contributed by atoms with Crippen molar-refractivity contribution in [3.8, 4) is 0 Å². The number of carbonyl (C=O) groups excluding carboxylic acids is 5. The maximum absolute atomic E-state index is 13.9. The van der Waals surface area contributed by atoms with E-state index in [4.69, 9.17) is 14.3 Å². The number of rotatable bonds is 22. The number of benzene rings is 1. The van der Waals surface area contributed by atoms with Gasteiger partial charge in [-0.25, -0.2) is 15.1 Å². The molecule has 12 heteroatoms. The lowest BCUT2D eigenvalue weighted by Gasteiger charge is -2.37. The standard InChI is InChI=1S/C43H70N4O8/c1-8-10-18-31(17-9-2)29-53-46-39(49)22-14-12-11-13-21-38(48)44-34-24-23-32-27-37(47(28-33(32)26-34)42(52)55-43(5,6)7)40(50)45-36(25-30(3)4)41(51)54-35-19-15-16-20-35/h23-24,26,30-31,35-37H,8-22,25,27-29H2,1-7H3,(H,44,48)(H,45,50)(H,46,49)/t31?,36-,37-/m0/s1. The topological polar surface area (TPSA) is 152 Å². The van der Waals surface area contributed by atoms with Gasteiger partial charge < -0.3 is 20.1 Å². The predicted molar refractivity (Wildman–Crippen MR) is 214 cm³/mol. The number of ether oxygens (including phenoxy) is 2. The molecular weight excluding hydrogens is 700 g/mol. The first kappa shape index (κ1) is 45.7. The highest BCUT2D eigenvalue weighted by Gasteiger charge is 2.39. The molecule has 3 rings (SSSR count). The van der Waals surface area contributed by atoms with Crippen LogP contribution in [0.2, 0.25) is 0 Å². The van der Waals surface area contributed by atoms with Crippen LogP contribution in [-0.2, 0) is 46.5 Å². The van der Waals surface area contributed by atoms with Gasteiger partial charge in [0.15, 0.2) is 0 Å². The van der Waals surface area contributed by atoms with Gasteiger partial charge in [-0.05, 0) is 114 Å². The first-order valence-electron chi connectivity index (χ1n) is 21.0. The lowest BCUT2D eigenvalue weighted by molar-refractivity contribution is -0.153. The van der Waals surface area contributed by atoms with E-state index in [1.807, 2.05) is 32.0 Å². The van der Waals surface area contributed by atoms with E-state index in [-0.39, 0.29) is 36.8 Å². The minimum absolute atomic E-state index is 0.101. The van der Waals surface area contributed by atoms with Gasteiger partial charge in [0.1, 0.15) is 23.8 Å². The molecule has 1 aliphatic carbocycles. The molecule has 12 nitrogen and oxygen atoms in total. The highest BCUT2D eigenvalue weighted by Crippen LogP contribution is 2.29. The van der Waals surface area contributed by atoms with Crippen molar-refractivity contribution in [1.82, 2.24) is 15.7 Å². The number of nitrogens with zero attached hydrogens (tertiary/aromatic N) is 1. The van der Waals surface area contributed by atoms with E-state index in [9.17, 15) is 24.0 Å². The molecule has 4 amide bonds. The first-order valence-corrected chi connectivity index (χ1v) is 21.0. The normalized spacial score (nSPS) is 16.9. The second-order valence-corrected chi connectivity index (χ2v) is 16.9. The zero-order valence-corrected chi connectivity index (χ0v) is 34.8. The summed E-state index contributed by atoms with van der Waals surface area (Å²) < 4.78 is 11.5. The van der Waals surface area contributed by atoms with Crippen molar-refractivity contribution in [3.05, 3.63) is 29.3 Å². The van der Waals surface area contributed by atoms with Crippen LogP contribution in [0.4, 0.5) is 10.5 Å². The predicted octanol–water partition coefficient (Wildman–Crippen LogP) is 8.30. The molecule has 0 bridgehead atoms. The van der Waals surface area contributed by atoms with Gasteiger partial charge >= 0.3 is 12.1 Å². The molecule has 0 saturated heterocycles. The van der Waals surface area contributed by atoms with E-state index >= 15 is 0 Å². The summed E-state index contributed by atoms with van der Waals surface area (Å²) in [5.41, 5.74) is 4.09. The third kappa shape index (κ3) is 16.9. The number of anilines is 1. The summed E-state index contributed by atoms with van der Waals surface area (Å²) in [6, 6.07) is 3.80. The molecule has 0 radical (unpaired) electrons. The van der Waals surface area contributed by atoms with Gasteiger partial charge in [-0.3, -0.25) is 24.1 Å². The van der Waals surface area contributed by atoms with E-state index in [0.717, 1.165) is 81.8 Å². The Kier molecular flexibility index (Phi) is 19.5. The third-order valence-electron chi connectivity index (χ3n) is 10.2. The van der Waals surface area contributed by atoms with Crippen LogP contribution in [0.3, 0.4) is 0 Å². The van der Waals surface area contributed by atoms with Crippen LogP contribution in [0.5, 0.6) is 0 Å². The highest BCUT2D eigenvalue weighted by molar-refractivity contribution is 5.92. The number of hydrogen-bond acceptors (Lipinski definition) is 8. The maximum Gasteiger partial charge on any atom is 0.411 e. The molecule has 1 unspecified atom stereocenters. The van der Waals surface area contributed by atoms with Gasteiger partial charge in [-0.2, -0.15) is 0 Å². The fourth-order valence-electron chi connectivity index (χ4n) is 7.27. The molecule has 1 heterocycles. The monoisotopic (exact) mass is 771 g/mol. The highest BCUT2D eigenvalue weighted by atomic mass is 16.7. The first-order chi connectivity index (χ1) is 26.2. The largest absolute Gasteiger partial charge is 0.461 e. The third-order valence-corrected chi connectivity index (χ3v) is 10.2.